The van der Waals surface area contributed by atoms with Gasteiger partial charge in [0.2, 0.25) is 11.7 Å². The zero-order chi connectivity index (χ0) is 20.7. The molecule has 4 aromatic rings. The van der Waals surface area contributed by atoms with Gasteiger partial charge in [0.05, 0.1) is 24.4 Å². The van der Waals surface area contributed by atoms with Crippen molar-refractivity contribution in [2.24, 2.45) is 0 Å². The molecule has 0 aliphatic carbocycles. The van der Waals surface area contributed by atoms with Gasteiger partial charge in [0.1, 0.15) is 11.3 Å². The van der Waals surface area contributed by atoms with Crippen molar-refractivity contribution in [1.29, 1.82) is 0 Å². The fourth-order valence-corrected chi connectivity index (χ4v) is 3.88. The number of hydrogen-bond acceptors (Lipinski definition) is 9. The zero-order valence-corrected chi connectivity index (χ0v) is 15.9. The van der Waals surface area contributed by atoms with E-state index < -0.39 is 6.10 Å². The Morgan fingerprint density at radius 1 is 1.17 bits per heavy atom. The van der Waals surface area contributed by atoms with Crippen LogP contribution in [0.3, 0.4) is 0 Å². The molecular formula is C21H19N4O5-. The summed E-state index contributed by atoms with van der Waals surface area (Å²) in [5.41, 5.74) is 1.43. The predicted octanol–water partition coefficient (Wildman–Crippen LogP) is 3.48. The topological polar surface area (TPSA) is 122 Å². The molecule has 5 rings (SSSR count). The van der Waals surface area contributed by atoms with E-state index in [0.717, 1.165) is 16.7 Å². The zero-order valence-electron chi connectivity index (χ0n) is 15.9. The molecule has 1 aliphatic heterocycles. The number of anilines is 1. The van der Waals surface area contributed by atoms with Gasteiger partial charge in [0.15, 0.2) is 0 Å². The quantitative estimate of drug-likeness (QED) is 0.479. The molecule has 2 unspecified atom stereocenters. The van der Waals surface area contributed by atoms with Crippen LogP contribution in [0, 0.1) is 5.21 Å². The molecule has 2 N–H and O–H groups in total. The van der Waals surface area contributed by atoms with E-state index in [1.54, 1.807) is 12.1 Å². The van der Waals surface area contributed by atoms with Crippen LogP contribution in [0.4, 0.5) is 5.69 Å². The molecule has 1 aliphatic rings. The van der Waals surface area contributed by atoms with Crippen LogP contribution < -0.4 is 5.23 Å². The molecule has 2 atom stereocenters. The molecule has 1 saturated heterocycles. The third kappa shape index (κ3) is 3.55. The second-order valence-electron chi connectivity index (χ2n) is 7.36. The Bertz CT molecular complexity index is 1140. The number of β-amino-alcohol motifs (C(OH)–C–C–N with tert-alkyl or cyclic N) is 1. The van der Waals surface area contributed by atoms with E-state index in [2.05, 4.69) is 10.1 Å². The summed E-state index contributed by atoms with van der Waals surface area (Å²) in [6, 6.07) is 15.8. The maximum Gasteiger partial charge on any atom is 0.244 e. The third-order valence-corrected chi connectivity index (χ3v) is 5.27. The fourth-order valence-electron chi connectivity index (χ4n) is 3.88. The first kappa shape index (κ1) is 18.8. The van der Waals surface area contributed by atoms with Crippen molar-refractivity contribution in [1.82, 2.24) is 15.0 Å². The van der Waals surface area contributed by atoms with Crippen LogP contribution in [0.5, 0.6) is 0 Å². The van der Waals surface area contributed by atoms with Crippen LogP contribution in [0.15, 0.2) is 63.5 Å². The van der Waals surface area contributed by atoms with Crippen molar-refractivity contribution >= 4 is 16.7 Å². The van der Waals surface area contributed by atoms with Crippen molar-refractivity contribution in [2.75, 3.05) is 11.8 Å². The number of aliphatic hydroxyl groups is 1. The lowest BCUT2D eigenvalue weighted by Crippen LogP contribution is -2.24. The Morgan fingerprint density at radius 3 is 2.87 bits per heavy atom. The lowest BCUT2D eigenvalue weighted by molar-refractivity contribution is 0.164. The van der Waals surface area contributed by atoms with Crippen molar-refractivity contribution in [2.45, 2.75) is 25.1 Å². The van der Waals surface area contributed by atoms with Crippen LogP contribution in [0.2, 0.25) is 0 Å². The monoisotopic (exact) mass is 407 g/mol. The highest BCUT2D eigenvalue weighted by atomic mass is 16.8. The van der Waals surface area contributed by atoms with Gasteiger partial charge >= 0.3 is 0 Å². The lowest BCUT2D eigenvalue weighted by atomic mass is 10.2. The van der Waals surface area contributed by atoms with Gasteiger partial charge in [0, 0.05) is 17.5 Å². The number of aromatic nitrogens is 2. The lowest BCUT2D eigenvalue weighted by Gasteiger charge is -2.21. The first-order chi connectivity index (χ1) is 14.6. The molecule has 0 amide bonds. The molecule has 3 heterocycles. The van der Waals surface area contributed by atoms with Gasteiger partial charge in [-0.25, -0.2) is 0 Å². The molecule has 2 aromatic heterocycles. The van der Waals surface area contributed by atoms with Gasteiger partial charge in [-0.3, -0.25) is 10.1 Å². The molecule has 9 nitrogen and oxygen atoms in total. The summed E-state index contributed by atoms with van der Waals surface area (Å²) in [5, 5.41) is 35.3. The number of nitrogens with zero attached hydrogens (tertiary/aromatic N) is 4. The minimum atomic E-state index is -0.513. The standard InChI is InChI=1S/C21H19N4O5/c26-16-10-18(24(11-16)12-17-9-13-4-1-2-7-19(13)29-17)21-22-20(23-30-21)14-5-3-6-15(8-14)25(27)28/h1-9,16,18,26-27H,10-12H2/q-1. The molecule has 0 bridgehead atoms. The van der Waals surface area contributed by atoms with Crippen LogP contribution in [-0.2, 0) is 6.54 Å². The summed E-state index contributed by atoms with van der Waals surface area (Å²) >= 11 is 0. The third-order valence-electron chi connectivity index (χ3n) is 5.27. The first-order valence-electron chi connectivity index (χ1n) is 9.56. The Morgan fingerprint density at radius 2 is 2.03 bits per heavy atom. The highest BCUT2D eigenvalue weighted by molar-refractivity contribution is 5.77. The van der Waals surface area contributed by atoms with Crippen molar-refractivity contribution < 1.29 is 19.3 Å². The number of rotatable bonds is 5. The van der Waals surface area contributed by atoms with E-state index in [-0.39, 0.29) is 17.0 Å². The van der Waals surface area contributed by atoms with Gasteiger partial charge in [0.25, 0.3) is 0 Å². The number of fused-ring (bicyclic) bond motifs is 1. The van der Waals surface area contributed by atoms with E-state index in [1.807, 2.05) is 35.2 Å². The van der Waals surface area contributed by atoms with Gasteiger partial charge in [-0.15, -0.1) is 0 Å². The van der Waals surface area contributed by atoms with Gasteiger partial charge in [-0.1, -0.05) is 35.5 Å². The summed E-state index contributed by atoms with van der Waals surface area (Å²) in [6.07, 6.45) is -0.0474. The van der Waals surface area contributed by atoms with Gasteiger partial charge < -0.3 is 24.5 Å². The summed E-state index contributed by atoms with van der Waals surface area (Å²) in [7, 11) is 0. The smallest absolute Gasteiger partial charge is 0.244 e. The van der Waals surface area contributed by atoms with Gasteiger partial charge in [-0.2, -0.15) is 4.98 Å². The Hall–Kier alpha value is -3.24. The average Bonchev–Trinajstić information content (AvgIpc) is 3.46. The summed E-state index contributed by atoms with van der Waals surface area (Å²) in [4.78, 5) is 6.51. The number of furan rings is 1. The van der Waals surface area contributed by atoms with E-state index in [4.69, 9.17) is 14.1 Å². The highest BCUT2D eigenvalue weighted by Crippen LogP contribution is 2.34. The molecule has 9 heteroatoms. The molecular weight excluding hydrogens is 388 g/mol. The number of para-hydroxylation sites is 1. The van der Waals surface area contributed by atoms with Crippen molar-refractivity contribution in [3.63, 3.8) is 0 Å². The molecule has 0 radical (unpaired) electrons. The normalized spacial score (nSPS) is 19.6. The van der Waals surface area contributed by atoms with Crippen molar-refractivity contribution in [3.05, 3.63) is 71.5 Å². The Balaban J connectivity index is 1.39. The Kier molecular flexibility index (Phi) is 4.72. The average molecular weight is 407 g/mol. The van der Waals surface area contributed by atoms with Crippen LogP contribution >= 0.6 is 0 Å². The van der Waals surface area contributed by atoms with Crippen molar-refractivity contribution in [3.8, 4) is 11.4 Å². The molecule has 30 heavy (non-hydrogen) atoms. The minimum absolute atomic E-state index is 0.0710. The summed E-state index contributed by atoms with van der Waals surface area (Å²) in [6.45, 7) is 0.962. The molecule has 0 spiro atoms. The van der Waals surface area contributed by atoms with Crippen LogP contribution in [0.1, 0.15) is 24.1 Å². The molecule has 0 saturated carbocycles. The van der Waals surface area contributed by atoms with Crippen LogP contribution in [0.25, 0.3) is 22.4 Å². The minimum Gasteiger partial charge on any atom is -0.733 e. The maximum atomic E-state index is 11.1. The van der Waals surface area contributed by atoms with E-state index in [9.17, 15) is 10.3 Å². The number of likely N-dealkylation sites (tertiary alicyclic amines) is 1. The Labute approximate surface area is 171 Å². The SMILES string of the molecule is [O-]N(O)c1cccc(-c2noc(C3CC(O)CN3Cc3cc4ccccc4o3)n2)c1. The second kappa shape index (κ2) is 7.54. The molecule has 154 valence electrons. The number of benzene rings is 2. The summed E-state index contributed by atoms with van der Waals surface area (Å²) < 4.78 is 11.4. The van der Waals surface area contributed by atoms with Gasteiger partial charge in [-0.05, 0) is 30.7 Å². The largest absolute Gasteiger partial charge is 0.733 e. The van der Waals surface area contributed by atoms with E-state index in [0.29, 0.717) is 36.8 Å². The first-order valence-corrected chi connectivity index (χ1v) is 9.56. The number of hydrogen-bond donors (Lipinski definition) is 2. The van der Waals surface area contributed by atoms with Crippen LogP contribution in [-0.4, -0.2) is 38.0 Å². The maximum absolute atomic E-state index is 11.1. The van der Waals surface area contributed by atoms with E-state index in [1.165, 1.54) is 12.1 Å². The molecule has 1 fully saturated rings. The number of aliphatic hydroxyl groups excluding tert-OH is 1. The highest BCUT2D eigenvalue weighted by Gasteiger charge is 2.36. The summed E-state index contributed by atoms with van der Waals surface area (Å²) in [5.74, 6) is 1.48. The van der Waals surface area contributed by atoms with E-state index >= 15 is 0 Å². The predicted molar refractivity (Wildman–Crippen MR) is 107 cm³/mol. The fraction of sp³-hybridized carbons (Fsp3) is 0.238. The molecule has 2 aromatic carbocycles. The second-order valence-corrected chi connectivity index (χ2v) is 7.36.